The van der Waals surface area contributed by atoms with E-state index in [4.69, 9.17) is 26.8 Å². The Hall–Kier alpha value is -2.31. The Balaban J connectivity index is 2.01. The molecule has 0 bridgehead atoms. The van der Waals surface area contributed by atoms with Crippen LogP contribution < -0.4 is 20.5 Å². The molecule has 128 valence electrons. The lowest BCUT2D eigenvalue weighted by molar-refractivity contribution is -0.119. The summed E-state index contributed by atoms with van der Waals surface area (Å²) in [7, 11) is 1.48. The van der Waals surface area contributed by atoms with Crippen molar-refractivity contribution in [1.82, 2.24) is 5.32 Å². The van der Waals surface area contributed by atoms with Crippen LogP contribution in [0.2, 0.25) is 5.02 Å². The van der Waals surface area contributed by atoms with Gasteiger partial charge in [-0.3, -0.25) is 4.79 Å². The lowest BCUT2D eigenvalue weighted by atomic mass is 10.2. The highest BCUT2D eigenvalue weighted by Crippen LogP contribution is 2.36. The number of primary amides is 1. The van der Waals surface area contributed by atoms with Crippen LogP contribution in [0.15, 0.2) is 36.4 Å². The van der Waals surface area contributed by atoms with Crippen LogP contribution in [0.1, 0.15) is 11.1 Å². The molecular formula is C17H18ClFN2O3. The summed E-state index contributed by atoms with van der Waals surface area (Å²) in [6.07, 6.45) is 0. The van der Waals surface area contributed by atoms with E-state index < -0.39 is 5.91 Å². The van der Waals surface area contributed by atoms with E-state index in [0.29, 0.717) is 23.9 Å². The van der Waals surface area contributed by atoms with Crippen LogP contribution in [0, 0.1) is 5.82 Å². The van der Waals surface area contributed by atoms with Gasteiger partial charge in [0.25, 0.3) is 5.91 Å². The number of halogens is 2. The second-order valence-corrected chi connectivity index (χ2v) is 5.50. The Kier molecular flexibility index (Phi) is 6.40. The molecule has 2 aromatic rings. The molecule has 0 heterocycles. The van der Waals surface area contributed by atoms with Crippen molar-refractivity contribution in [2.45, 2.75) is 13.1 Å². The molecule has 0 aliphatic rings. The van der Waals surface area contributed by atoms with Crippen LogP contribution in [0.5, 0.6) is 11.5 Å². The third kappa shape index (κ3) is 5.11. The summed E-state index contributed by atoms with van der Waals surface area (Å²) in [6.45, 7) is 0.835. The summed E-state index contributed by atoms with van der Waals surface area (Å²) in [5, 5.41) is 3.56. The highest BCUT2D eigenvalue weighted by atomic mass is 35.5. The largest absolute Gasteiger partial charge is 0.493 e. The molecule has 0 spiro atoms. The van der Waals surface area contributed by atoms with E-state index in [0.717, 1.165) is 11.1 Å². The molecule has 0 saturated carbocycles. The van der Waals surface area contributed by atoms with Gasteiger partial charge in [-0.05, 0) is 35.4 Å². The van der Waals surface area contributed by atoms with E-state index in [1.54, 1.807) is 24.3 Å². The van der Waals surface area contributed by atoms with Gasteiger partial charge in [0, 0.05) is 13.1 Å². The number of ether oxygens (including phenoxy) is 2. The predicted octanol–water partition coefficient (Wildman–Crippen LogP) is 2.64. The average molecular weight is 353 g/mol. The number of benzene rings is 2. The van der Waals surface area contributed by atoms with E-state index in [9.17, 15) is 9.18 Å². The van der Waals surface area contributed by atoms with Gasteiger partial charge >= 0.3 is 0 Å². The van der Waals surface area contributed by atoms with Crippen LogP contribution in [0.25, 0.3) is 0 Å². The number of nitrogens with two attached hydrogens (primary N) is 1. The van der Waals surface area contributed by atoms with Gasteiger partial charge in [-0.1, -0.05) is 23.7 Å². The standard InChI is InChI=1S/C17H18ClFN2O3/c1-23-15-7-12(6-14(18)17(15)24-10-16(20)22)9-21-8-11-2-4-13(19)5-3-11/h2-7,21H,8-10H2,1H3,(H2,20,22). The van der Waals surface area contributed by atoms with Crippen molar-refractivity contribution in [2.75, 3.05) is 13.7 Å². The first-order valence-electron chi connectivity index (χ1n) is 7.22. The molecule has 3 N–H and O–H groups in total. The number of amides is 1. The molecule has 0 radical (unpaired) electrons. The number of hydrogen-bond acceptors (Lipinski definition) is 4. The van der Waals surface area contributed by atoms with Gasteiger partial charge < -0.3 is 20.5 Å². The Bertz CT molecular complexity index is 708. The highest BCUT2D eigenvalue weighted by Gasteiger charge is 2.13. The summed E-state index contributed by atoms with van der Waals surface area (Å²) in [6, 6.07) is 9.76. The van der Waals surface area contributed by atoms with Crippen molar-refractivity contribution in [3.8, 4) is 11.5 Å². The predicted molar refractivity (Wildman–Crippen MR) is 89.6 cm³/mol. The van der Waals surface area contributed by atoms with E-state index >= 15 is 0 Å². The summed E-state index contributed by atoms with van der Waals surface area (Å²) in [5.74, 6) is -0.164. The lowest BCUT2D eigenvalue weighted by Gasteiger charge is -2.14. The number of carbonyl (C=O) groups is 1. The molecule has 1 amide bonds. The number of methoxy groups -OCH3 is 1. The topological polar surface area (TPSA) is 73.6 Å². The fourth-order valence-electron chi connectivity index (χ4n) is 2.11. The second kappa shape index (κ2) is 8.52. The molecule has 0 aliphatic carbocycles. The van der Waals surface area contributed by atoms with Crippen molar-refractivity contribution in [3.63, 3.8) is 0 Å². The minimum absolute atomic E-state index is 0.262. The molecule has 0 fully saturated rings. The minimum Gasteiger partial charge on any atom is -0.493 e. The van der Waals surface area contributed by atoms with Crippen molar-refractivity contribution in [2.24, 2.45) is 5.73 Å². The van der Waals surface area contributed by atoms with Crippen molar-refractivity contribution >= 4 is 17.5 Å². The molecule has 0 aliphatic heterocycles. The molecule has 24 heavy (non-hydrogen) atoms. The van der Waals surface area contributed by atoms with Crippen LogP contribution in [0.4, 0.5) is 4.39 Å². The summed E-state index contributed by atoms with van der Waals surface area (Å²) < 4.78 is 23.4. The summed E-state index contributed by atoms with van der Waals surface area (Å²) in [5.41, 5.74) is 6.91. The Morgan fingerprint density at radius 3 is 2.50 bits per heavy atom. The van der Waals surface area contributed by atoms with E-state index in [1.165, 1.54) is 19.2 Å². The van der Waals surface area contributed by atoms with E-state index in [2.05, 4.69) is 5.32 Å². The van der Waals surface area contributed by atoms with Gasteiger partial charge in [-0.15, -0.1) is 0 Å². The molecule has 0 atom stereocenters. The van der Waals surface area contributed by atoms with Crippen LogP contribution in [-0.4, -0.2) is 19.6 Å². The first-order chi connectivity index (χ1) is 11.5. The highest BCUT2D eigenvalue weighted by molar-refractivity contribution is 6.32. The molecule has 0 unspecified atom stereocenters. The first kappa shape index (κ1) is 18.0. The number of hydrogen-bond donors (Lipinski definition) is 2. The zero-order valence-corrected chi connectivity index (χ0v) is 13.9. The molecule has 0 aromatic heterocycles. The minimum atomic E-state index is -0.599. The quantitative estimate of drug-likeness (QED) is 0.766. The molecule has 0 saturated heterocycles. The summed E-state index contributed by atoms with van der Waals surface area (Å²) in [4.78, 5) is 10.8. The van der Waals surface area contributed by atoms with Gasteiger partial charge in [-0.25, -0.2) is 4.39 Å². The molecular weight excluding hydrogens is 335 g/mol. The third-order valence-electron chi connectivity index (χ3n) is 3.22. The SMILES string of the molecule is COc1cc(CNCc2ccc(F)cc2)cc(Cl)c1OCC(N)=O. The number of rotatable bonds is 8. The van der Waals surface area contributed by atoms with Gasteiger partial charge in [0.1, 0.15) is 5.82 Å². The maximum atomic E-state index is 12.9. The summed E-state index contributed by atoms with van der Waals surface area (Å²) >= 11 is 6.18. The van der Waals surface area contributed by atoms with Gasteiger partial charge in [0.2, 0.25) is 0 Å². The smallest absolute Gasteiger partial charge is 0.255 e. The Labute approximate surface area is 144 Å². The van der Waals surface area contributed by atoms with Crippen molar-refractivity contribution in [1.29, 1.82) is 0 Å². The maximum Gasteiger partial charge on any atom is 0.255 e. The molecule has 2 aromatic carbocycles. The van der Waals surface area contributed by atoms with Gasteiger partial charge in [0.15, 0.2) is 18.1 Å². The molecule has 7 heteroatoms. The zero-order chi connectivity index (χ0) is 17.5. The van der Waals surface area contributed by atoms with Crippen LogP contribution in [-0.2, 0) is 17.9 Å². The lowest BCUT2D eigenvalue weighted by Crippen LogP contribution is -2.20. The average Bonchev–Trinajstić information content (AvgIpc) is 2.55. The number of nitrogens with one attached hydrogen (secondary N) is 1. The van der Waals surface area contributed by atoms with Gasteiger partial charge in [-0.2, -0.15) is 0 Å². The Morgan fingerprint density at radius 2 is 1.88 bits per heavy atom. The molecule has 5 nitrogen and oxygen atoms in total. The fourth-order valence-corrected chi connectivity index (χ4v) is 2.40. The van der Waals surface area contributed by atoms with Gasteiger partial charge in [0.05, 0.1) is 12.1 Å². The maximum absolute atomic E-state index is 12.9. The van der Waals surface area contributed by atoms with Crippen molar-refractivity contribution in [3.05, 3.63) is 58.4 Å². The third-order valence-corrected chi connectivity index (χ3v) is 3.50. The zero-order valence-electron chi connectivity index (χ0n) is 13.1. The fraction of sp³-hybridized carbons (Fsp3) is 0.235. The molecule has 2 rings (SSSR count). The van der Waals surface area contributed by atoms with Crippen molar-refractivity contribution < 1.29 is 18.7 Å². The monoisotopic (exact) mass is 352 g/mol. The van der Waals surface area contributed by atoms with E-state index in [1.807, 2.05) is 0 Å². The van der Waals surface area contributed by atoms with Crippen LogP contribution >= 0.6 is 11.6 Å². The van der Waals surface area contributed by atoms with Crippen LogP contribution in [0.3, 0.4) is 0 Å². The Morgan fingerprint density at radius 1 is 1.21 bits per heavy atom. The second-order valence-electron chi connectivity index (χ2n) is 5.09. The van der Waals surface area contributed by atoms with E-state index in [-0.39, 0.29) is 18.2 Å². The first-order valence-corrected chi connectivity index (χ1v) is 7.60. The normalized spacial score (nSPS) is 10.5. The number of carbonyl (C=O) groups excluding carboxylic acids is 1.